The van der Waals surface area contributed by atoms with Gasteiger partial charge >= 0.3 is 0 Å². The largest absolute Gasteiger partial charge is 0.393 e. The van der Waals surface area contributed by atoms with E-state index in [9.17, 15) is 0 Å². The lowest BCUT2D eigenvalue weighted by Gasteiger charge is -2.33. The minimum atomic E-state index is -0.0399. The molecule has 1 rings (SSSR count). The molecule has 3 nitrogen and oxygen atoms in total. The number of aliphatic hydroxyl groups is 1. The second-order valence-electron chi connectivity index (χ2n) is 4.13. The number of ether oxygens (including phenoxy) is 1. The van der Waals surface area contributed by atoms with Crippen LogP contribution in [0.15, 0.2) is 0 Å². The van der Waals surface area contributed by atoms with Crippen LogP contribution in [-0.2, 0) is 4.74 Å². The summed E-state index contributed by atoms with van der Waals surface area (Å²) < 4.78 is 5.21. The first-order chi connectivity index (χ1) is 6.13. The molecule has 0 spiro atoms. The summed E-state index contributed by atoms with van der Waals surface area (Å²) in [5, 5.41) is 12.5. The van der Waals surface area contributed by atoms with Gasteiger partial charge in [-0.2, -0.15) is 0 Å². The predicted octanol–water partition coefficient (Wildman–Crippen LogP) is 0.770. The summed E-state index contributed by atoms with van der Waals surface area (Å²) in [5.41, 5.74) is 0. The molecule has 0 radical (unpaired) electrons. The molecule has 2 unspecified atom stereocenters. The van der Waals surface area contributed by atoms with Crippen molar-refractivity contribution >= 4 is 0 Å². The first-order valence-corrected chi connectivity index (χ1v) is 5.07. The van der Waals surface area contributed by atoms with E-state index in [-0.39, 0.29) is 12.2 Å². The van der Waals surface area contributed by atoms with Gasteiger partial charge in [0, 0.05) is 13.2 Å². The first-order valence-electron chi connectivity index (χ1n) is 5.07. The Morgan fingerprint density at radius 2 is 2.08 bits per heavy atom. The molecule has 0 aliphatic heterocycles. The fraction of sp³-hybridized carbons (Fsp3) is 1.00. The van der Waals surface area contributed by atoms with Gasteiger partial charge in [-0.1, -0.05) is 0 Å². The lowest BCUT2D eigenvalue weighted by atomic mass is 9.82. The fourth-order valence-corrected chi connectivity index (χ4v) is 1.59. The van der Waals surface area contributed by atoms with Gasteiger partial charge < -0.3 is 15.2 Å². The topological polar surface area (TPSA) is 41.5 Å². The number of methoxy groups -OCH3 is 1. The van der Waals surface area contributed by atoms with Crippen molar-refractivity contribution in [2.75, 3.05) is 13.7 Å². The monoisotopic (exact) mass is 187 g/mol. The molecule has 13 heavy (non-hydrogen) atoms. The van der Waals surface area contributed by atoms with Crippen LogP contribution in [0.1, 0.15) is 26.7 Å². The molecule has 0 heterocycles. The molecule has 0 aromatic rings. The molecule has 1 aliphatic rings. The summed E-state index contributed by atoms with van der Waals surface area (Å²) in [6.45, 7) is 5.20. The van der Waals surface area contributed by atoms with Crippen LogP contribution >= 0.6 is 0 Å². The van der Waals surface area contributed by atoms with Crippen LogP contribution in [-0.4, -0.2) is 37.0 Å². The molecule has 2 atom stereocenters. The highest BCUT2D eigenvalue weighted by atomic mass is 16.5. The smallest absolute Gasteiger partial charge is 0.0693 e. The third kappa shape index (κ3) is 3.25. The average Bonchev–Trinajstić information content (AvgIpc) is 2.08. The van der Waals surface area contributed by atoms with E-state index < -0.39 is 0 Å². The Morgan fingerprint density at radius 1 is 1.46 bits per heavy atom. The van der Waals surface area contributed by atoms with Crippen molar-refractivity contribution in [3.63, 3.8) is 0 Å². The maximum atomic E-state index is 9.09. The van der Waals surface area contributed by atoms with Gasteiger partial charge in [-0.05, 0) is 39.2 Å². The van der Waals surface area contributed by atoms with Crippen LogP contribution in [0.5, 0.6) is 0 Å². The van der Waals surface area contributed by atoms with Gasteiger partial charge in [-0.25, -0.2) is 0 Å². The summed E-state index contributed by atoms with van der Waals surface area (Å²) in [4.78, 5) is 0. The van der Waals surface area contributed by atoms with Crippen LogP contribution in [0, 0.1) is 5.92 Å². The van der Waals surface area contributed by atoms with Crippen molar-refractivity contribution in [1.82, 2.24) is 5.32 Å². The summed E-state index contributed by atoms with van der Waals surface area (Å²) >= 11 is 0. The molecule has 3 heteroatoms. The van der Waals surface area contributed by atoms with E-state index >= 15 is 0 Å². The number of aliphatic hydroxyl groups excluding tert-OH is 1. The third-order valence-corrected chi connectivity index (χ3v) is 3.02. The average molecular weight is 187 g/mol. The maximum absolute atomic E-state index is 9.09. The molecule has 0 saturated heterocycles. The molecule has 78 valence electrons. The molecular weight excluding hydrogens is 166 g/mol. The first kappa shape index (κ1) is 11.0. The van der Waals surface area contributed by atoms with E-state index in [1.54, 1.807) is 7.11 Å². The second kappa shape index (κ2) is 4.94. The zero-order chi connectivity index (χ0) is 9.84. The van der Waals surface area contributed by atoms with Crippen LogP contribution in [0.4, 0.5) is 0 Å². The molecule has 0 aromatic carbocycles. The Hall–Kier alpha value is -0.120. The van der Waals surface area contributed by atoms with Crippen LogP contribution in [0.25, 0.3) is 0 Å². The minimum absolute atomic E-state index is 0.0399. The molecule has 0 bridgehead atoms. The predicted molar refractivity (Wildman–Crippen MR) is 52.7 cm³/mol. The van der Waals surface area contributed by atoms with Gasteiger partial charge in [0.15, 0.2) is 0 Å². The highest BCUT2D eigenvalue weighted by Crippen LogP contribution is 2.26. The van der Waals surface area contributed by atoms with E-state index in [0.717, 1.165) is 19.4 Å². The number of hydrogen-bond donors (Lipinski definition) is 2. The Labute approximate surface area is 80.5 Å². The SMILES string of the molecule is COC(C)C(C)NCC1CC(O)C1. The zero-order valence-electron chi connectivity index (χ0n) is 8.79. The summed E-state index contributed by atoms with van der Waals surface area (Å²) in [6.07, 6.45) is 2.13. The van der Waals surface area contributed by atoms with Crippen molar-refractivity contribution < 1.29 is 9.84 Å². The lowest BCUT2D eigenvalue weighted by Crippen LogP contribution is -2.43. The number of nitrogens with one attached hydrogen (secondary N) is 1. The Morgan fingerprint density at radius 3 is 2.54 bits per heavy atom. The van der Waals surface area contributed by atoms with Gasteiger partial charge in [0.05, 0.1) is 12.2 Å². The van der Waals surface area contributed by atoms with Crippen molar-refractivity contribution in [2.45, 2.75) is 44.9 Å². The Balaban J connectivity index is 2.05. The minimum Gasteiger partial charge on any atom is -0.393 e. The van der Waals surface area contributed by atoms with Gasteiger partial charge in [0.2, 0.25) is 0 Å². The molecule has 0 aromatic heterocycles. The van der Waals surface area contributed by atoms with E-state index in [1.165, 1.54) is 0 Å². The fourth-order valence-electron chi connectivity index (χ4n) is 1.59. The van der Waals surface area contributed by atoms with Crippen molar-refractivity contribution in [3.05, 3.63) is 0 Å². The van der Waals surface area contributed by atoms with Gasteiger partial charge in [-0.3, -0.25) is 0 Å². The van der Waals surface area contributed by atoms with E-state index in [4.69, 9.17) is 9.84 Å². The van der Waals surface area contributed by atoms with Gasteiger partial charge in [0.25, 0.3) is 0 Å². The quantitative estimate of drug-likeness (QED) is 0.668. The van der Waals surface area contributed by atoms with E-state index in [0.29, 0.717) is 12.0 Å². The summed E-state index contributed by atoms with van der Waals surface area (Å²) in [5.74, 6) is 0.668. The molecule has 1 saturated carbocycles. The maximum Gasteiger partial charge on any atom is 0.0693 e. The van der Waals surface area contributed by atoms with Crippen molar-refractivity contribution in [1.29, 1.82) is 0 Å². The van der Waals surface area contributed by atoms with Crippen molar-refractivity contribution in [3.8, 4) is 0 Å². The van der Waals surface area contributed by atoms with E-state index in [1.807, 2.05) is 0 Å². The van der Waals surface area contributed by atoms with Gasteiger partial charge in [-0.15, -0.1) is 0 Å². The zero-order valence-corrected chi connectivity index (χ0v) is 8.79. The second-order valence-corrected chi connectivity index (χ2v) is 4.13. The third-order valence-electron chi connectivity index (χ3n) is 3.02. The van der Waals surface area contributed by atoms with Crippen LogP contribution in [0.3, 0.4) is 0 Å². The summed E-state index contributed by atoms with van der Waals surface area (Å²) in [6, 6.07) is 0.391. The highest BCUT2D eigenvalue weighted by molar-refractivity contribution is 4.81. The summed E-state index contributed by atoms with van der Waals surface area (Å²) in [7, 11) is 1.73. The normalized spacial score (nSPS) is 32.3. The standard InChI is InChI=1S/C10H21NO2/c1-7(8(2)13-3)11-6-9-4-10(12)5-9/h7-12H,4-6H2,1-3H3. The molecule has 2 N–H and O–H groups in total. The number of rotatable bonds is 5. The van der Waals surface area contributed by atoms with Crippen LogP contribution < -0.4 is 5.32 Å². The molecular formula is C10H21NO2. The van der Waals surface area contributed by atoms with Crippen molar-refractivity contribution in [2.24, 2.45) is 5.92 Å². The number of hydrogen-bond acceptors (Lipinski definition) is 3. The molecule has 1 fully saturated rings. The van der Waals surface area contributed by atoms with Gasteiger partial charge in [0.1, 0.15) is 0 Å². The Bertz CT molecular complexity index is 146. The molecule has 0 amide bonds. The highest BCUT2D eigenvalue weighted by Gasteiger charge is 2.27. The lowest BCUT2D eigenvalue weighted by molar-refractivity contribution is 0.0358. The van der Waals surface area contributed by atoms with E-state index in [2.05, 4.69) is 19.2 Å². The van der Waals surface area contributed by atoms with Crippen LogP contribution in [0.2, 0.25) is 0 Å². The Kier molecular flexibility index (Phi) is 4.16. The molecule has 1 aliphatic carbocycles.